The first-order valence-corrected chi connectivity index (χ1v) is 10.4. The van der Waals surface area contributed by atoms with Crippen LogP contribution in [0.5, 0.6) is 0 Å². The molecular formula is C19H35F3IN5O. The molecule has 10 heteroatoms. The Bertz CT molecular complexity index is 524. The van der Waals surface area contributed by atoms with Crippen LogP contribution in [0.2, 0.25) is 0 Å². The van der Waals surface area contributed by atoms with E-state index in [9.17, 15) is 18.0 Å². The molecule has 2 aliphatic rings. The maximum absolute atomic E-state index is 12.5. The Kier molecular flexibility index (Phi) is 11.6. The fourth-order valence-electron chi connectivity index (χ4n) is 4.17. The highest BCUT2D eigenvalue weighted by Gasteiger charge is 2.32. The Morgan fingerprint density at radius 1 is 1.17 bits per heavy atom. The maximum Gasteiger partial charge on any atom is 0.401 e. The third-order valence-corrected chi connectivity index (χ3v) is 5.55. The minimum Gasteiger partial charge on any atom is -0.370 e. The molecule has 0 radical (unpaired) electrons. The predicted octanol–water partition coefficient (Wildman–Crippen LogP) is 2.82. The number of hydrogen-bond acceptors (Lipinski definition) is 3. The molecule has 0 bridgehead atoms. The second-order valence-electron chi connectivity index (χ2n) is 7.98. The molecule has 2 rings (SSSR count). The van der Waals surface area contributed by atoms with Crippen molar-refractivity contribution in [2.45, 2.75) is 51.6 Å². The van der Waals surface area contributed by atoms with E-state index in [4.69, 9.17) is 10.7 Å². The standard InChI is InChI=1S/C19H34F3N5O.HI/c1-2-24-18(27-9-3-4-16(13-27)12-17(23)28)25-8-5-15-6-10-26(11-7-15)14-19(20,21)22;/h15-16H,2-14H2,1H3,(H2,23,28)(H,24,25);1H. The number of guanidine groups is 1. The molecule has 0 aliphatic carbocycles. The van der Waals surface area contributed by atoms with E-state index < -0.39 is 12.7 Å². The number of alkyl halides is 3. The summed E-state index contributed by atoms with van der Waals surface area (Å²) in [6, 6.07) is 0. The second kappa shape index (κ2) is 12.8. The molecule has 1 unspecified atom stereocenters. The predicted molar refractivity (Wildman–Crippen MR) is 119 cm³/mol. The molecule has 0 spiro atoms. The summed E-state index contributed by atoms with van der Waals surface area (Å²) in [5.41, 5.74) is 5.34. The molecule has 2 fully saturated rings. The summed E-state index contributed by atoms with van der Waals surface area (Å²) < 4.78 is 37.4. The zero-order chi connectivity index (χ0) is 20.6. The molecule has 6 nitrogen and oxygen atoms in total. The van der Waals surface area contributed by atoms with Crippen LogP contribution in [0.4, 0.5) is 13.2 Å². The van der Waals surface area contributed by atoms with Crippen molar-refractivity contribution in [2.75, 3.05) is 45.8 Å². The lowest BCUT2D eigenvalue weighted by Crippen LogP contribution is -2.47. The minimum absolute atomic E-state index is 0. The lowest BCUT2D eigenvalue weighted by Gasteiger charge is -2.35. The number of nitrogens with two attached hydrogens (primary N) is 1. The van der Waals surface area contributed by atoms with Crippen molar-refractivity contribution in [1.29, 1.82) is 0 Å². The Balaban J connectivity index is 0.00000420. The van der Waals surface area contributed by atoms with Gasteiger partial charge in [-0.05, 0) is 64.0 Å². The number of likely N-dealkylation sites (tertiary alicyclic amines) is 2. The van der Waals surface area contributed by atoms with Gasteiger partial charge in [0.2, 0.25) is 5.91 Å². The van der Waals surface area contributed by atoms with Gasteiger partial charge < -0.3 is 16.0 Å². The van der Waals surface area contributed by atoms with Crippen molar-refractivity contribution >= 4 is 35.8 Å². The third-order valence-electron chi connectivity index (χ3n) is 5.55. The van der Waals surface area contributed by atoms with Gasteiger partial charge >= 0.3 is 6.18 Å². The highest BCUT2D eigenvalue weighted by molar-refractivity contribution is 14.0. The number of carbonyl (C=O) groups excluding carboxylic acids is 1. The topological polar surface area (TPSA) is 74.0 Å². The van der Waals surface area contributed by atoms with Crippen molar-refractivity contribution in [1.82, 2.24) is 15.1 Å². The number of halogens is 4. The molecule has 3 N–H and O–H groups in total. The van der Waals surface area contributed by atoms with Crippen LogP contribution in [0, 0.1) is 11.8 Å². The van der Waals surface area contributed by atoms with E-state index in [1.165, 1.54) is 4.90 Å². The van der Waals surface area contributed by atoms with Gasteiger partial charge in [0.1, 0.15) is 0 Å². The van der Waals surface area contributed by atoms with E-state index in [1.807, 2.05) is 6.92 Å². The molecule has 0 aromatic carbocycles. The van der Waals surface area contributed by atoms with E-state index in [-0.39, 0.29) is 35.8 Å². The Hall–Kier alpha value is -0.780. The molecule has 0 aromatic heterocycles. The van der Waals surface area contributed by atoms with Crippen molar-refractivity contribution in [3.05, 3.63) is 0 Å². The number of carbonyl (C=O) groups is 1. The van der Waals surface area contributed by atoms with Crippen LogP contribution in [0.25, 0.3) is 0 Å². The molecule has 29 heavy (non-hydrogen) atoms. The summed E-state index contributed by atoms with van der Waals surface area (Å²) in [6.07, 6.45) is 0.812. The largest absolute Gasteiger partial charge is 0.401 e. The molecular weight excluding hydrogens is 498 g/mol. The fraction of sp³-hybridized carbons (Fsp3) is 0.895. The first-order valence-electron chi connectivity index (χ1n) is 10.4. The molecule has 1 amide bonds. The van der Waals surface area contributed by atoms with Crippen LogP contribution in [-0.2, 0) is 4.79 Å². The summed E-state index contributed by atoms with van der Waals surface area (Å²) in [5, 5.41) is 3.32. The van der Waals surface area contributed by atoms with Crippen LogP contribution in [-0.4, -0.2) is 73.7 Å². The summed E-state index contributed by atoms with van der Waals surface area (Å²) in [6.45, 7) is 5.38. The molecule has 1 atom stereocenters. The summed E-state index contributed by atoms with van der Waals surface area (Å²) in [5.74, 6) is 1.31. The van der Waals surface area contributed by atoms with Gasteiger partial charge in [-0.15, -0.1) is 24.0 Å². The van der Waals surface area contributed by atoms with Gasteiger partial charge in [-0.3, -0.25) is 14.7 Å². The van der Waals surface area contributed by atoms with Crippen molar-refractivity contribution < 1.29 is 18.0 Å². The van der Waals surface area contributed by atoms with E-state index in [1.54, 1.807) is 0 Å². The Morgan fingerprint density at radius 2 is 1.86 bits per heavy atom. The van der Waals surface area contributed by atoms with Crippen LogP contribution in [0.15, 0.2) is 4.99 Å². The van der Waals surface area contributed by atoms with Crippen LogP contribution in [0.1, 0.15) is 45.4 Å². The molecule has 2 saturated heterocycles. The van der Waals surface area contributed by atoms with Gasteiger partial charge in [-0.1, -0.05) is 0 Å². The highest BCUT2D eigenvalue weighted by Crippen LogP contribution is 2.24. The van der Waals surface area contributed by atoms with E-state index in [0.717, 1.165) is 57.7 Å². The average Bonchev–Trinajstić information content (AvgIpc) is 2.61. The zero-order valence-corrected chi connectivity index (χ0v) is 19.5. The molecule has 2 heterocycles. The van der Waals surface area contributed by atoms with Crippen molar-refractivity contribution in [3.8, 4) is 0 Å². The van der Waals surface area contributed by atoms with Crippen LogP contribution >= 0.6 is 24.0 Å². The summed E-state index contributed by atoms with van der Waals surface area (Å²) >= 11 is 0. The van der Waals surface area contributed by atoms with Gasteiger partial charge in [0.25, 0.3) is 0 Å². The Morgan fingerprint density at radius 3 is 2.45 bits per heavy atom. The average molecular weight is 533 g/mol. The zero-order valence-electron chi connectivity index (χ0n) is 17.2. The normalized spacial score (nSPS) is 22.3. The molecule has 0 saturated carbocycles. The molecule has 2 aliphatic heterocycles. The van der Waals surface area contributed by atoms with E-state index in [2.05, 4.69) is 10.2 Å². The minimum atomic E-state index is -4.11. The maximum atomic E-state index is 12.5. The van der Waals surface area contributed by atoms with Gasteiger partial charge in [0, 0.05) is 32.6 Å². The van der Waals surface area contributed by atoms with Crippen LogP contribution < -0.4 is 11.1 Å². The number of amides is 1. The molecule has 170 valence electrons. The number of primary amides is 1. The van der Waals surface area contributed by atoms with Gasteiger partial charge in [0.15, 0.2) is 5.96 Å². The van der Waals surface area contributed by atoms with Gasteiger partial charge in [-0.25, -0.2) is 0 Å². The van der Waals surface area contributed by atoms with Crippen LogP contribution in [0.3, 0.4) is 0 Å². The first-order chi connectivity index (χ1) is 13.3. The SMILES string of the molecule is CCNC(=NCCC1CCN(CC(F)(F)F)CC1)N1CCCC(CC(N)=O)C1.I. The number of hydrogen-bond donors (Lipinski definition) is 2. The van der Waals surface area contributed by atoms with Crippen molar-refractivity contribution in [2.24, 2.45) is 22.6 Å². The number of nitrogens with zero attached hydrogens (tertiary/aromatic N) is 3. The number of nitrogens with one attached hydrogen (secondary N) is 1. The fourth-order valence-corrected chi connectivity index (χ4v) is 4.17. The quantitative estimate of drug-likeness (QED) is 0.300. The van der Waals surface area contributed by atoms with E-state index in [0.29, 0.717) is 32.0 Å². The molecule has 0 aromatic rings. The summed E-state index contributed by atoms with van der Waals surface area (Å²) in [7, 11) is 0. The monoisotopic (exact) mass is 533 g/mol. The number of piperidine rings is 2. The third kappa shape index (κ3) is 10.2. The van der Waals surface area contributed by atoms with E-state index >= 15 is 0 Å². The first kappa shape index (κ1) is 26.3. The highest BCUT2D eigenvalue weighted by atomic mass is 127. The lowest BCUT2D eigenvalue weighted by molar-refractivity contribution is -0.148. The smallest absolute Gasteiger partial charge is 0.370 e. The van der Waals surface area contributed by atoms with Crippen molar-refractivity contribution in [3.63, 3.8) is 0 Å². The lowest BCUT2D eigenvalue weighted by atomic mass is 9.93. The second-order valence-corrected chi connectivity index (χ2v) is 7.98. The number of aliphatic imine (C=N–C) groups is 1. The van der Waals surface area contributed by atoms with Gasteiger partial charge in [-0.2, -0.15) is 13.2 Å². The Labute approximate surface area is 188 Å². The van der Waals surface area contributed by atoms with Gasteiger partial charge in [0.05, 0.1) is 6.54 Å². The summed E-state index contributed by atoms with van der Waals surface area (Å²) in [4.78, 5) is 19.7. The number of rotatable bonds is 7.